The van der Waals surface area contributed by atoms with E-state index in [4.69, 9.17) is 4.74 Å². The van der Waals surface area contributed by atoms with Gasteiger partial charge in [-0.2, -0.15) is 0 Å². The number of benzene rings is 3. The number of aromatic amines is 1. The molecule has 0 aliphatic carbocycles. The highest BCUT2D eigenvalue weighted by molar-refractivity contribution is 5.91. The van der Waals surface area contributed by atoms with Crippen LogP contribution in [0.5, 0.6) is 5.75 Å². The number of nitrogens with zero attached hydrogens (tertiary/aromatic N) is 1. The fourth-order valence-electron chi connectivity index (χ4n) is 3.17. The molecule has 6 nitrogen and oxygen atoms in total. The van der Waals surface area contributed by atoms with Gasteiger partial charge in [0.1, 0.15) is 11.6 Å². The van der Waals surface area contributed by atoms with Gasteiger partial charge >= 0.3 is 0 Å². The Bertz CT molecular complexity index is 1100. The quantitative estimate of drug-likeness (QED) is 0.415. The fourth-order valence-corrected chi connectivity index (χ4v) is 3.17. The van der Waals surface area contributed by atoms with Crippen molar-refractivity contribution < 1.29 is 9.53 Å². The van der Waals surface area contributed by atoms with Crippen LogP contribution in [0.3, 0.4) is 0 Å². The molecule has 3 aromatic carbocycles. The van der Waals surface area contributed by atoms with E-state index in [1.165, 1.54) is 0 Å². The Kier molecular flexibility index (Phi) is 6.06. The highest BCUT2D eigenvalue weighted by Crippen LogP contribution is 2.18. The Balaban J connectivity index is 1.30. The van der Waals surface area contributed by atoms with E-state index < -0.39 is 0 Å². The molecular formula is C24H24N4O2. The van der Waals surface area contributed by atoms with Crippen molar-refractivity contribution in [1.82, 2.24) is 15.3 Å². The lowest BCUT2D eigenvalue weighted by Crippen LogP contribution is -2.21. The molecule has 1 amide bonds. The van der Waals surface area contributed by atoms with Crippen LogP contribution >= 0.6 is 0 Å². The van der Waals surface area contributed by atoms with Gasteiger partial charge in [0.05, 0.1) is 17.6 Å². The van der Waals surface area contributed by atoms with Crippen molar-refractivity contribution in [2.75, 3.05) is 11.9 Å². The zero-order chi connectivity index (χ0) is 20.8. The van der Waals surface area contributed by atoms with Crippen molar-refractivity contribution in [2.45, 2.75) is 20.0 Å². The summed E-state index contributed by atoms with van der Waals surface area (Å²) in [5, 5.41) is 6.22. The summed E-state index contributed by atoms with van der Waals surface area (Å²) in [5.41, 5.74) is 4.87. The lowest BCUT2D eigenvalue weighted by molar-refractivity contribution is -0.118. The van der Waals surface area contributed by atoms with Crippen LogP contribution in [0.15, 0.2) is 72.8 Å². The second kappa shape index (κ2) is 9.24. The zero-order valence-electron chi connectivity index (χ0n) is 16.8. The number of nitrogens with one attached hydrogen (secondary N) is 3. The van der Waals surface area contributed by atoms with Crippen molar-refractivity contribution >= 4 is 22.6 Å². The average Bonchev–Trinajstić information content (AvgIpc) is 3.17. The Morgan fingerprint density at radius 1 is 0.967 bits per heavy atom. The molecule has 1 heterocycles. The molecule has 6 heteroatoms. The summed E-state index contributed by atoms with van der Waals surface area (Å²) >= 11 is 0. The Morgan fingerprint density at radius 3 is 2.57 bits per heavy atom. The topological polar surface area (TPSA) is 79.0 Å². The number of rotatable bonds is 8. The number of aromatic nitrogens is 2. The minimum Gasteiger partial charge on any atom is -0.483 e. The first-order valence-corrected chi connectivity index (χ1v) is 9.89. The van der Waals surface area contributed by atoms with Crippen molar-refractivity contribution in [2.24, 2.45) is 0 Å². The summed E-state index contributed by atoms with van der Waals surface area (Å²) in [6.07, 6.45) is 0. The smallest absolute Gasteiger partial charge is 0.262 e. The Morgan fingerprint density at radius 2 is 1.73 bits per heavy atom. The molecule has 0 spiro atoms. The minimum absolute atomic E-state index is 0.0472. The normalized spacial score (nSPS) is 10.8. The third kappa shape index (κ3) is 5.04. The van der Waals surface area contributed by atoms with Gasteiger partial charge in [0.25, 0.3) is 5.91 Å². The molecule has 3 N–H and O–H groups in total. The van der Waals surface area contributed by atoms with Crippen LogP contribution < -0.4 is 15.4 Å². The highest BCUT2D eigenvalue weighted by Gasteiger charge is 2.08. The largest absolute Gasteiger partial charge is 0.483 e. The van der Waals surface area contributed by atoms with Crippen LogP contribution in [-0.4, -0.2) is 22.5 Å². The number of aryl methyl sites for hydroxylation is 1. The molecule has 0 unspecified atom stereocenters. The van der Waals surface area contributed by atoms with E-state index in [0.717, 1.165) is 33.7 Å². The molecule has 0 radical (unpaired) electrons. The van der Waals surface area contributed by atoms with Gasteiger partial charge in [-0.25, -0.2) is 4.98 Å². The monoisotopic (exact) mass is 400 g/mol. The first-order valence-electron chi connectivity index (χ1n) is 9.89. The van der Waals surface area contributed by atoms with Gasteiger partial charge in [0.2, 0.25) is 0 Å². The van der Waals surface area contributed by atoms with Crippen molar-refractivity contribution in [3.8, 4) is 5.75 Å². The number of imidazole rings is 1. The maximum absolute atomic E-state index is 12.2. The number of hydrogen-bond acceptors (Lipinski definition) is 4. The molecule has 0 atom stereocenters. The maximum Gasteiger partial charge on any atom is 0.262 e. The van der Waals surface area contributed by atoms with Crippen LogP contribution in [0, 0.1) is 6.92 Å². The SMILES string of the molecule is Cc1ccc(NC(=O)COc2ccccc2CNCc2nc3ccccc3[nH]2)cc1. The molecule has 4 aromatic rings. The van der Waals surface area contributed by atoms with Gasteiger partial charge in [-0.05, 0) is 37.3 Å². The van der Waals surface area contributed by atoms with Crippen molar-refractivity contribution in [1.29, 1.82) is 0 Å². The summed E-state index contributed by atoms with van der Waals surface area (Å²) in [5.74, 6) is 1.38. The maximum atomic E-state index is 12.2. The summed E-state index contributed by atoms with van der Waals surface area (Å²) in [7, 11) is 0. The molecule has 30 heavy (non-hydrogen) atoms. The number of H-pyrrole nitrogens is 1. The number of amides is 1. The molecule has 152 valence electrons. The molecule has 0 aliphatic heterocycles. The van der Waals surface area contributed by atoms with E-state index in [1.807, 2.05) is 79.7 Å². The standard InChI is InChI=1S/C24H24N4O2/c1-17-10-12-19(13-11-17)26-24(29)16-30-22-9-5-2-6-18(22)14-25-15-23-27-20-7-3-4-8-21(20)28-23/h2-13,25H,14-16H2,1H3,(H,26,29)(H,27,28). The molecule has 0 bridgehead atoms. The summed E-state index contributed by atoms with van der Waals surface area (Å²) < 4.78 is 5.77. The molecule has 0 aliphatic rings. The van der Waals surface area contributed by atoms with Crippen molar-refractivity contribution in [3.63, 3.8) is 0 Å². The van der Waals surface area contributed by atoms with Gasteiger partial charge in [-0.1, -0.05) is 48.0 Å². The third-order valence-electron chi connectivity index (χ3n) is 4.71. The summed E-state index contributed by atoms with van der Waals surface area (Å²) in [6.45, 7) is 3.17. The van der Waals surface area contributed by atoms with Crippen LogP contribution in [0.25, 0.3) is 11.0 Å². The lowest BCUT2D eigenvalue weighted by atomic mass is 10.2. The highest BCUT2D eigenvalue weighted by atomic mass is 16.5. The minimum atomic E-state index is -0.191. The van der Waals surface area contributed by atoms with Crippen LogP contribution in [0.4, 0.5) is 5.69 Å². The number of anilines is 1. The molecule has 0 saturated carbocycles. The van der Waals surface area contributed by atoms with Gasteiger partial charge in [0, 0.05) is 17.8 Å². The third-order valence-corrected chi connectivity index (χ3v) is 4.71. The fraction of sp³-hybridized carbons (Fsp3) is 0.167. The number of ether oxygens (including phenoxy) is 1. The molecule has 4 rings (SSSR count). The van der Waals surface area contributed by atoms with E-state index in [9.17, 15) is 4.79 Å². The first kappa shape index (κ1) is 19.7. The average molecular weight is 400 g/mol. The van der Waals surface area contributed by atoms with Gasteiger partial charge in [-0.15, -0.1) is 0 Å². The van der Waals surface area contributed by atoms with E-state index in [-0.39, 0.29) is 12.5 Å². The van der Waals surface area contributed by atoms with Gasteiger partial charge in [-0.3, -0.25) is 4.79 Å². The van der Waals surface area contributed by atoms with E-state index in [1.54, 1.807) is 0 Å². The number of hydrogen-bond donors (Lipinski definition) is 3. The van der Waals surface area contributed by atoms with Crippen LogP contribution in [0.1, 0.15) is 17.0 Å². The molecule has 0 saturated heterocycles. The second-order valence-corrected chi connectivity index (χ2v) is 7.11. The van der Waals surface area contributed by atoms with Gasteiger partial charge < -0.3 is 20.4 Å². The zero-order valence-corrected chi connectivity index (χ0v) is 16.8. The number of para-hydroxylation sites is 3. The Hall–Kier alpha value is -3.64. The molecule has 1 aromatic heterocycles. The van der Waals surface area contributed by atoms with E-state index in [0.29, 0.717) is 18.8 Å². The predicted molar refractivity (Wildman–Crippen MR) is 118 cm³/mol. The number of carbonyl (C=O) groups excluding carboxylic acids is 1. The van der Waals surface area contributed by atoms with E-state index >= 15 is 0 Å². The predicted octanol–water partition coefficient (Wildman–Crippen LogP) is 4.18. The lowest BCUT2D eigenvalue weighted by Gasteiger charge is -2.12. The van der Waals surface area contributed by atoms with Crippen LogP contribution in [-0.2, 0) is 17.9 Å². The van der Waals surface area contributed by atoms with Crippen LogP contribution in [0.2, 0.25) is 0 Å². The second-order valence-electron chi connectivity index (χ2n) is 7.11. The van der Waals surface area contributed by atoms with Crippen molar-refractivity contribution in [3.05, 3.63) is 89.7 Å². The van der Waals surface area contributed by atoms with Gasteiger partial charge in [0.15, 0.2) is 6.61 Å². The summed E-state index contributed by atoms with van der Waals surface area (Å²) in [4.78, 5) is 20.1. The van der Waals surface area contributed by atoms with E-state index in [2.05, 4.69) is 20.6 Å². The number of carbonyl (C=O) groups is 1. The first-order chi connectivity index (χ1) is 14.7. The molecular weight excluding hydrogens is 376 g/mol. The molecule has 0 fully saturated rings. The number of fused-ring (bicyclic) bond motifs is 1. The Labute approximate surface area is 175 Å². The summed E-state index contributed by atoms with van der Waals surface area (Å²) in [6, 6.07) is 23.3.